The Labute approximate surface area is 187 Å². The molecule has 9 nitrogen and oxygen atoms in total. The van der Waals surface area contributed by atoms with E-state index in [9.17, 15) is 13.9 Å². The largest absolute Gasteiger partial charge is 0.468 e. The number of aliphatic hydroxyl groups is 2. The van der Waals surface area contributed by atoms with E-state index >= 15 is 0 Å². The third-order valence-electron chi connectivity index (χ3n) is 3.97. The number of benzene rings is 1. The summed E-state index contributed by atoms with van der Waals surface area (Å²) in [5.41, 5.74) is 6.07. The van der Waals surface area contributed by atoms with Crippen LogP contribution in [-0.4, -0.2) is 59.4 Å². The molecule has 1 heterocycles. The maximum atomic E-state index is 13.7. The van der Waals surface area contributed by atoms with Gasteiger partial charge in [-0.1, -0.05) is 11.6 Å². The van der Waals surface area contributed by atoms with Gasteiger partial charge in [-0.3, -0.25) is 10.4 Å². The highest BCUT2D eigenvalue weighted by atomic mass is 35.5. The Morgan fingerprint density at radius 1 is 1.41 bits per heavy atom. The summed E-state index contributed by atoms with van der Waals surface area (Å²) in [5.74, 6) is -1.74. The minimum atomic E-state index is -0.996. The van der Waals surface area contributed by atoms with Gasteiger partial charge in [-0.25, -0.2) is 18.8 Å². The number of hydrogen-bond acceptors (Lipinski definition) is 8. The summed E-state index contributed by atoms with van der Waals surface area (Å²) < 4.78 is 31.8. The second kappa shape index (κ2) is 11.8. The molecule has 0 bridgehead atoms. The van der Waals surface area contributed by atoms with Crippen molar-refractivity contribution >= 4 is 35.7 Å². The molecule has 1 aromatic carbocycles. The molecule has 12 heteroatoms. The van der Waals surface area contributed by atoms with Crippen LogP contribution in [0, 0.1) is 17.0 Å². The van der Waals surface area contributed by atoms with Gasteiger partial charge in [0.25, 0.3) is 0 Å². The molecule has 0 spiro atoms. The van der Waals surface area contributed by atoms with Gasteiger partial charge < -0.3 is 26.0 Å². The summed E-state index contributed by atoms with van der Waals surface area (Å²) in [6, 6.07) is 4.26. The van der Waals surface area contributed by atoms with Crippen LogP contribution in [0.5, 0.6) is 5.75 Å². The fourth-order valence-electron chi connectivity index (χ4n) is 2.36. The molecule has 0 saturated heterocycles. The molecular formula is C20H21ClF2N6O3. The zero-order valence-electron chi connectivity index (χ0n) is 16.7. The molecule has 0 radical (unpaired) electrons. The van der Waals surface area contributed by atoms with Crippen LogP contribution in [0.15, 0.2) is 52.2 Å². The fraction of sp³-hybridized carbons (Fsp3) is 0.200. The van der Waals surface area contributed by atoms with Crippen molar-refractivity contribution in [3.05, 3.63) is 64.5 Å². The molecule has 0 aliphatic rings. The SMILES string of the molecule is C=N/C=C(C(=N)c1cc(NCC(O)CO)ncc1Cl)\C(N)=N/COc1ccc(F)cc1F. The van der Waals surface area contributed by atoms with Crippen molar-refractivity contribution in [3.8, 4) is 5.75 Å². The van der Waals surface area contributed by atoms with Crippen molar-refractivity contribution in [2.75, 3.05) is 25.2 Å². The van der Waals surface area contributed by atoms with Crippen molar-refractivity contribution in [3.63, 3.8) is 0 Å². The van der Waals surface area contributed by atoms with E-state index in [0.717, 1.165) is 12.1 Å². The number of rotatable bonds is 11. The first-order valence-corrected chi connectivity index (χ1v) is 9.46. The first-order chi connectivity index (χ1) is 15.3. The summed E-state index contributed by atoms with van der Waals surface area (Å²) in [6.45, 7) is 2.53. The van der Waals surface area contributed by atoms with Crippen LogP contribution in [0.3, 0.4) is 0 Å². The zero-order valence-corrected chi connectivity index (χ0v) is 17.5. The van der Waals surface area contributed by atoms with E-state index in [0.29, 0.717) is 6.07 Å². The van der Waals surface area contributed by atoms with E-state index < -0.39 is 31.1 Å². The number of amidine groups is 1. The Balaban J connectivity index is 2.20. The number of aromatic nitrogens is 1. The number of pyridine rings is 1. The lowest BCUT2D eigenvalue weighted by molar-refractivity contribution is 0.105. The highest BCUT2D eigenvalue weighted by Gasteiger charge is 2.17. The van der Waals surface area contributed by atoms with Gasteiger partial charge >= 0.3 is 0 Å². The molecule has 0 saturated carbocycles. The number of nitrogens with one attached hydrogen (secondary N) is 2. The average molecular weight is 467 g/mol. The second-order valence-electron chi connectivity index (χ2n) is 6.26. The van der Waals surface area contributed by atoms with Crippen LogP contribution in [0.4, 0.5) is 14.6 Å². The lowest BCUT2D eigenvalue weighted by atomic mass is 10.0. The van der Waals surface area contributed by atoms with Crippen molar-refractivity contribution < 1.29 is 23.7 Å². The number of ether oxygens (including phenoxy) is 1. The Hall–Kier alpha value is -3.41. The van der Waals surface area contributed by atoms with Gasteiger partial charge in [0, 0.05) is 30.6 Å². The fourth-order valence-corrected chi connectivity index (χ4v) is 2.56. The van der Waals surface area contributed by atoms with Gasteiger partial charge in [-0.05, 0) is 24.9 Å². The molecule has 0 amide bonds. The summed E-state index contributed by atoms with van der Waals surface area (Å²) >= 11 is 6.17. The summed E-state index contributed by atoms with van der Waals surface area (Å²) in [5, 5.41) is 29.8. The molecule has 1 atom stereocenters. The Morgan fingerprint density at radius 2 is 2.16 bits per heavy atom. The van der Waals surface area contributed by atoms with Crippen LogP contribution >= 0.6 is 11.6 Å². The minimum Gasteiger partial charge on any atom is -0.468 e. The highest BCUT2D eigenvalue weighted by molar-refractivity contribution is 6.38. The minimum absolute atomic E-state index is 0.0235. The topological polar surface area (TPSA) is 149 Å². The maximum Gasteiger partial charge on any atom is 0.181 e. The number of nitrogens with zero attached hydrogens (tertiary/aromatic N) is 3. The second-order valence-corrected chi connectivity index (χ2v) is 6.67. The molecule has 170 valence electrons. The molecule has 1 aromatic heterocycles. The van der Waals surface area contributed by atoms with E-state index in [2.05, 4.69) is 27.0 Å². The van der Waals surface area contributed by atoms with Crippen LogP contribution in [0.25, 0.3) is 0 Å². The monoisotopic (exact) mass is 466 g/mol. The zero-order chi connectivity index (χ0) is 23.7. The van der Waals surface area contributed by atoms with Gasteiger partial charge in [0.15, 0.2) is 18.3 Å². The maximum absolute atomic E-state index is 13.7. The van der Waals surface area contributed by atoms with E-state index in [4.69, 9.17) is 32.6 Å². The van der Waals surface area contributed by atoms with Crippen molar-refractivity contribution in [2.45, 2.75) is 6.10 Å². The van der Waals surface area contributed by atoms with Crippen LogP contribution in [0.2, 0.25) is 5.02 Å². The number of aliphatic imine (C=N–C) groups is 2. The Kier molecular flexibility index (Phi) is 9.20. The van der Waals surface area contributed by atoms with Crippen molar-refractivity contribution in [1.82, 2.24) is 4.98 Å². The van der Waals surface area contributed by atoms with Gasteiger partial charge in [-0.2, -0.15) is 0 Å². The van der Waals surface area contributed by atoms with E-state index in [-0.39, 0.29) is 45.8 Å². The third kappa shape index (κ3) is 6.80. The quantitative estimate of drug-likeness (QED) is 0.253. The predicted molar refractivity (Wildman–Crippen MR) is 119 cm³/mol. The normalized spacial score (nSPS) is 12.9. The molecule has 0 fully saturated rings. The van der Waals surface area contributed by atoms with Crippen molar-refractivity contribution in [1.29, 1.82) is 5.41 Å². The predicted octanol–water partition coefficient (Wildman–Crippen LogP) is 2.12. The van der Waals surface area contributed by atoms with Crippen molar-refractivity contribution in [2.24, 2.45) is 15.7 Å². The number of hydrogen-bond donors (Lipinski definition) is 5. The summed E-state index contributed by atoms with van der Waals surface area (Å²) in [6.07, 6.45) is 1.50. The molecule has 0 aliphatic heterocycles. The summed E-state index contributed by atoms with van der Waals surface area (Å²) in [7, 11) is 0. The number of anilines is 1. The molecule has 6 N–H and O–H groups in total. The molecule has 1 unspecified atom stereocenters. The number of aliphatic hydroxyl groups excluding tert-OH is 2. The van der Waals surface area contributed by atoms with E-state index in [1.807, 2.05) is 0 Å². The van der Waals surface area contributed by atoms with Gasteiger partial charge in [0.2, 0.25) is 0 Å². The van der Waals surface area contributed by atoms with Crippen LogP contribution in [0.1, 0.15) is 5.56 Å². The van der Waals surface area contributed by atoms with E-state index in [1.54, 1.807) is 0 Å². The van der Waals surface area contributed by atoms with Gasteiger partial charge in [0.1, 0.15) is 17.5 Å². The van der Waals surface area contributed by atoms with Crippen LogP contribution < -0.4 is 15.8 Å². The van der Waals surface area contributed by atoms with E-state index in [1.165, 1.54) is 18.5 Å². The van der Waals surface area contributed by atoms with Gasteiger partial charge in [-0.15, -0.1) is 0 Å². The third-order valence-corrected chi connectivity index (χ3v) is 4.27. The molecule has 32 heavy (non-hydrogen) atoms. The number of nitrogens with two attached hydrogens (primary N) is 1. The Bertz CT molecular complexity index is 1050. The van der Waals surface area contributed by atoms with Gasteiger partial charge in [0.05, 0.1) is 29.0 Å². The smallest absolute Gasteiger partial charge is 0.181 e. The average Bonchev–Trinajstić information content (AvgIpc) is 2.77. The summed E-state index contributed by atoms with van der Waals surface area (Å²) in [4.78, 5) is 11.6. The lowest BCUT2D eigenvalue weighted by Crippen LogP contribution is -2.24. The molecule has 2 rings (SSSR count). The van der Waals surface area contributed by atoms with Crippen LogP contribution in [-0.2, 0) is 0 Å². The molecule has 0 aliphatic carbocycles. The molecule has 2 aromatic rings. The molecular weight excluding hydrogens is 446 g/mol. The standard InChI is InChI=1S/C20H21ClF2N6O3/c1-26-7-14(20(25)29-10-32-17-3-2-11(22)4-16(17)23)19(24)13-5-18(28-8-15(13)21)27-6-12(31)9-30/h2-5,7-8,12,24,30-31H,1,6,9-10H2,(H2,25,29)(H,27,28)/b14-7-,24-19?. The Morgan fingerprint density at radius 3 is 2.81 bits per heavy atom. The first-order valence-electron chi connectivity index (χ1n) is 9.08. The highest BCUT2D eigenvalue weighted by Crippen LogP contribution is 2.22. The lowest BCUT2D eigenvalue weighted by Gasteiger charge is -2.13. The first kappa shape index (κ1) is 24.9. The number of halogens is 3.